The van der Waals surface area contributed by atoms with E-state index in [4.69, 9.17) is 16.6 Å². The van der Waals surface area contributed by atoms with Crippen molar-refractivity contribution in [3.63, 3.8) is 0 Å². The quantitative estimate of drug-likeness (QED) is 0.288. The van der Waals surface area contributed by atoms with Crippen LogP contribution in [0.1, 0.15) is 36.1 Å². The summed E-state index contributed by atoms with van der Waals surface area (Å²) >= 11 is 7.37. The topological polar surface area (TPSA) is 64.0 Å². The molecule has 1 unspecified atom stereocenters. The van der Waals surface area contributed by atoms with E-state index in [9.17, 15) is 9.59 Å². The Morgan fingerprint density at radius 2 is 1.67 bits per heavy atom. The number of fused-ring (bicyclic) bond motifs is 1. The Morgan fingerprint density at radius 1 is 1.00 bits per heavy atom. The Bertz CT molecular complexity index is 1350. The van der Waals surface area contributed by atoms with Gasteiger partial charge in [-0.15, -0.1) is 0 Å². The Hall–Kier alpha value is -3.09. The summed E-state index contributed by atoms with van der Waals surface area (Å²) in [7, 11) is 0. The number of aromatic nitrogens is 2. The molecule has 1 aliphatic carbocycles. The summed E-state index contributed by atoms with van der Waals surface area (Å²) in [5.74, 6) is 0.0302. The molecule has 5 nitrogen and oxygen atoms in total. The first-order valence-electron chi connectivity index (χ1n) is 10.8. The van der Waals surface area contributed by atoms with Crippen molar-refractivity contribution in [2.24, 2.45) is 0 Å². The molecule has 7 heteroatoms. The second kappa shape index (κ2) is 9.41. The van der Waals surface area contributed by atoms with E-state index in [0.29, 0.717) is 21.1 Å². The molecule has 1 aliphatic rings. The van der Waals surface area contributed by atoms with Gasteiger partial charge in [-0.25, -0.2) is 4.98 Å². The predicted molar refractivity (Wildman–Crippen MR) is 133 cm³/mol. The molecule has 1 atom stereocenters. The minimum absolute atomic E-state index is 0.0330. The molecule has 166 valence electrons. The number of nitrogens with zero attached hydrogens (tertiary/aromatic N) is 2. The van der Waals surface area contributed by atoms with Gasteiger partial charge in [-0.3, -0.25) is 14.2 Å². The van der Waals surface area contributed by atoms with Crippen LogP contribution in [0.2, 0.25) is 5.02 Å². The lowest BCUT2D eigenvalue weighted by Crippen LogP contribution is -2.31. The molecule has 4 aromatic rings. The third kappa shape index (κ3) is 4.82. The van der Waals surface area contributed by atoms with E-state index in [-0.39, 0.29) is 29.3 Å². The molecule has 0 spiro atoms. The van der Waals surface area contributed by atoms with Crippen molar-refractivity contribution >= 4 is 40.2 Å². The van der Waals surface area contributed by atoms with Crippen molar-refractivity contribution in [1.82, 2.24) is 14.9 Å². The van der Waals surface area contributed by atoms with Gasteiger partial charge < -0.3 is 5.32 Å². The average molecular weight is 476 g/mol. The third-order valence-electron chi connectivity index (χ3n) is 5.66. The van der Waals surface area contributed by atoms with Gasteiger partial charge in [-0.05, 0) is 48.2 Å². The summed E-state index contributed by atoms with van der Waals surface area (Å²) < 4.78 is 1.76. The smallest absolute Gasteiger partial charge is 0.262 e. The third-order valence-corrected chi connectivity index (χ3v) is 6.87. The number of amides is 1. The number of thioether (sulfide) groups is 1. The molecule has 1 aromatic heterocycles. The molecule has 3 aromatic carbocycles. The van der Waals surface area contributed by atoms with Crippen molar-refractivity contribution in [3.8, 4) is 0 Å². The van der Waals surface area contributed by atoms with Crippen LogP contribution in [-0.2, 0) is 4.79 Å². The zero-order chi connectivity index (χ0) is 22.8. The Balaban J connectivity index is 1.38. The van der Waals surface area contributed by atoms with Gasteiger partial charge in [0.2, 0.25) is 5.91 Å². The Labute approximate surface area is 200 Å². The number of carbonyl (C=O) groups excluding carboxylic acids is 1. The molecule has 0 bridgehead atoms. The molecular formula is C26H22ClN3O2S. The first-order valence-corrected chi connectivity index (χ1v) is 12.2. The van der Waals surface area contributed by atoms with E-state index in [0.717, 1.165) is 24.0 Å². The van der Waals surface area contributed by atoms with E-state index in [1.54, 1.807) is 10.6 Å². The lowest BCUT2D eigenvalue weighted by Gasteiger charge is -2.20. The predicted octanol–water partition coefficient (Wildman–Crippen LogP) is 5.38. The first-order chi connectivity index (χ1) is 16.1. The molecule has 0 radical (unpaired) electrons. The van der Waals surface area contributed by atoms with Crippen LogP contribution >= 0.6 is 23.4 Å². The van der Waals surface area contributed by atoms with E-state index < -0.39 is 0 Å². The fraction of sp³-hybridized carbons (Fsp3) is 0.192. The summed E-state index contributed by atoms with van der Waals surface area (Å²) in [6, 6.07) is 24.5. The molecule has 1 heterocycles. The maximum atomic E-state index is 13.0. The number of para-hydroxylation sites is 1. The summed E-state index contributed by atoms with van der Waals surface area (Å²) in [5, 5.41) is 5.00. The van der Waals surface area contributed by atoms with Gasteiger partial charge >= 0.3 is 0 Å². The molecule has 33 heavy (non-hydrogen) atoms. The van der Waals surface area contributed by atoms with Gasteiger partial charge in [-0.1, -0.05) is 78.0 Å². The average Bonchev–Trinajstić information content (AvgIpc) is 3.68. The van der Waals surface area contributed by atoms with E-state index >= 15 is 0 Å². The highest BCUT2D eigenvalue weighted by Crippen LogP contribution is 2.37. The lowest BCUT2D eigenvalue weighted by molar-refractivity contribution is -0.119. The zero-order valence-corrected chi connectivity index (χ0v) is 19.4. The van der Waals surface area contributed by atoms with Gasteiger partial charge in [-0.2, -0.15) is 0 Å². The van der Waals surface area contributed by atoms with Crippen LogP contribution in [0.15, 0.2) is 88.8 Å². The standard InChI is InChI=1S/C26H22ClN3O2S/c27-19-12-10-18(11-13-19)24(17-6-2-1-3-7-17)29-23(31)16-33-26-28-22-9-5-4-8-21(22)25(32)30(26)20-14-15-20/h1-13,20,24H,14-16H2,(H,29,31). The Kier molecular flexibility index (Phi) is 6.20. The number of halogens is 1. The van der Waals surface area contributed by atoms with E-state index in [1.165, 1.54) is 11.8 Å². The minimum Gasteiger partial charge on any atom is -0.344 e. The summed E-state index contributed by atoms with van der Waals surface area (Å²) in [6.45, 7) is 0. The van der Waals surface area contributed by atoms with Crippen molar-refractivity contribution in [2.75, 3.05) is 5.75 Å². The van der Waals surface area contributed by atoms with E-state index in [2.05, 4.69) is 5.32 Å². The van der Waals surface area contributed by atoms with Crippen molar-refractivity contribution in [1.29, 1.82) is 0 Å². The molecule has 5 rings (SSSR count). The molecule has 0 aliphatic heterocycles. The Morgan fingerprint density at radius 3 is 2.39 bits per heavy atom. The number of rotatable bonds is 7. The fourth-order valence-corrected chi connectivity index (χ4v) is 4.88. The van der Waals surface area contributed by atoms with Gasteiger partial charge in [0, 0.05) is 11.1 Å². The van der Waals surface area contributed by atoms with Crippen LogP contribution in [0, 0.1) is 0 Å². The van der Waals surface area contributed by atoms with E-state index in [1.807, 2.05) is 72.8 Å². The van der Waals surface area contributed by atoms with Crippen molar-refractivity contribution in [2.45, 2.75) is 30.1 Å². The maximum Gasteiger partial charge on any atom is 0.262 e. The molecule has 1 saturated carbocycles. The van der Waals surface area contributed by atoms with Crippen LogP contribution in [0.25, 0.3) is 10.9 Å². The van der Waals surface area contributed by atoms with Crippen LogP contribution in [0.3, 0.4) is 0 Å². The van der Waals surface area contributed by atoms with Gasteiger partial charge in [0.15, 0.2) is 5.16 Å². The van der Waals surface area contributed by atoms with Crippen molar-refractivity contribution in [3.05, 3.63) is 105 Å². The van der Waals surface area contributed by atoms with Crippen LogP contribution in [-0.4, -0.2) is 21.2 Å². The molecule has 0 saturated heterocycles. The second-order valence-corrected chi connectivity index (χ2v) is 9.45. The highest BCUT2D eigenvalue weighted by atomic mass is 35.5. The van der Waals surface area contributed by atoms with Crippen LogP contribution in [0.5, 0.6) is 0 Å². The van der Waals surface area contributed by atoms with Gasteiger partial charge in [0.25, 0.3) is 5.56 Å². The molecular weight excluding hydrogens is 454 g/mol. The molecule has 1 amide bonds. The highest BCUT2D eigenvalue weighted by Gasteiger charge is 2.29. The minimum atomic E-state index is -0.299. The number of benzene rings is 3. The normalized spacial score (nSPS) is 14.2. The zero-order valence-electron chi connectivity index (χ0n) is 17.8. The van der Waals surface area contributed by atoms with Gasteiger partial charge in [0.1, 0.15) is 0 Å². The second-order valence-electron chi connectivity index (χ2n) is 8.07. The largest absolute Gasteiger partial charge is 0.344 e. The van der Waals surface area contributed by atoms with Gasteiger partial charge in [0.05, 0.1) is 22.7 Å². The lowest BCUT2D eigenvalue weighted by atomic mass is 9.99. The number of hydrogen-bond donors (Lipinski definition) is 1. The maximum absolute atomic E-state index is 13.0. The molecule has 1 N–H and O–H groups in total. The van der Waals surface area contributed by atoms with Crippen LogP contribution in [0.4, 0.5) is 0 Å². The SMILES string of the molecule is O=C(CSc1nc2ccccc2c(=O)n1C1CC1)NC(c1ccccc1)c1ccc(Cl)cc1. The molecule has 1 fully saturated rings. The number of carbonyl (C=O) groups is 1. The number of hydrogen-bond acceptors (Lipinski definition) is 4. The summed E-state index contributed by atoms with van der Waals surface area (Å²) in [6.07, 6.45) is 1.93. The monoisotopic (exact) mass is 475 g/mol. The van der Waals surface area contributed by atoms with Crippen LogP contribution < -0.4 is 10.9 Å². The highest BCUT2D eigenvalue weighted by molar-refractivity contribution is 7.99. The summed E-state index contributed by atoms with van der Waals surface area (Å²) in [4.78, 5) is 30.8. The fourth-order valence-electron chi connectivity index (χ4n) is 3.87. The summed E-state index contributed by atoms with van der Waals surface area (Å²) in [5.41, 5.74) is 2.56. The number of nitrogens with one attached hydrogen (secondary N) is 1. The van der Waals surface area contributed by atoms with Crippen molar-refractivity contribution < 1.29 is 4.79 Å². The first kappa shape index (κ1) is 21.7.